The van der Waals surface area contributed by atoms with E-state index in [4.69, 9.17) is 23.2 Å². The van der Waals surface area contributed by atoms with Crippen LogP contribution in [0.3, 0.4) is 0 Å². The number of ketones is 4. The van der Waals surface area contributed by atoms with Gasteiger partial charge in [0, 0.05) is 32.3 Å². The predicted octanol–water partition coefficient (Wildman–Crippen LogP) is 4.69. The fourth-order valence-electron chi connectivity index (χ4n) is 3.26. The van der Waals surface area contributed by atoms with E-state index in [2.05, 4.69) is 0 Å². The topological polar surface area (TPSA) is 68.3 Å². The Morgan fingerprint density at radius 2 is 0.963 bits per heavy atom. The zero-order valence-electron chi connectivity index (χ0n) is 13.7. The van der Waals surface area contributed by atoms with Crippen LogP contribution in [0.15, 0.2) is 59.7 Å². The quantitative estimate of drug-likeness (QED) is 0.545. The fraction of sp³-hybridized carbons (Fsp3) is 0.0476. The average molecular weight is 397 g/mol. The van der Waals surface area contributed by atoms with Crippen LogP contribution in [0.4, 0.5) is 0 Å². The SMILES string of the molecule is O=C1C(=CCC=C2C(=O)c3ccc(Cl)cc3C2=O)C(=O)c2cc(Cl)ccc21. The van der Waals surface area contributed by atoms with Crippen LogP contribution in [0.2, 0.25) is 10.0 Å². The zero-order valence-corrected chi connectivity index (χ0v) is 15.2. The van der Waals surface area contributed by atoms with Crippen molar-refractivity contribution in [3.63, 3.8) is 0 Å². The Morgan fingerprint density at radius 1 is 0.593 bits per heavy atom. The average Bonchev–Trinajstić information content (AvgIpc) is 3.01. The molecule has 0 aromatic heterocycles. The van der Waals surface area contributed by atoms with Crippen LogP contribution >= 0.6 is 23.2 Å². The lowest BCUT2D eigenvalue weighted by Crippen LogP contribution is -2.02. The summed E-state index contributed by atoms with van der Waals surface area (Å²) < 4.78 is 0. The van der Waals surface area contributed by atoms with Crippen LogP contribution in [0.5, 0.6) is 0 Å². The molecular formula is C21H10Cl2O4. The Balaban J connectivity index is 1.62. The van der Waals surface area contributed by atoms with E-state index in [9.17, 15) is 19.2 Å². The third-order valence-corrected chi connectivity index (χ3v) is 5.03. The summed E-state index contributed by atoms with van der Waals surface area (Å²) >= 11 is 11.8. The minimum absolute atomic E-state index is 0.0163. The van der Waals surface area contributed by atoms with Crippen molar-refractivity contribution in [3.8, 4) is 0 Å². The summed E-state index contributed by atoms with van der Waals surface area (Å²) in [6, 6.07) is 9.05. The number of halogens is 2. The molecule has 0 heterocycles. The summed E-state index contributed by atoms with van der Waals surface area (Å²) in [5.74, 6) is -1.58. The van der Waals surface area contributed by atoms with Gasteiger partial charge in [-0.05, 0) is 42.8 Å². The van der Waals surface area contributed by atoms with E-state index >= 15 is 0 Å². The molecule has 0 amide bonds. The first-order chi connectivity index (χ1) is 12.9. The van der Waals surface area contributed by atoms with E-state index in [1.807, 2.05) is 0 Å². The molecule has 0 saturated carbocycles. The van der Waals surface area contributed by atoms with Gasteiger partial charge < -0.3 is 0 Å². The van der Waals surface area contributed by atoms with Crippen LogP contribution in [0.25, 0.3) is 0 Å². The summed E-state index contributed by atoms with van der Waals surface area (Å²) in [7, 11) is 0. The molecule has 0 saturated heterocycles. The number of carbonyl (C=O) groups is 4. The zero-order chi connectivity index (χ0) is 19.3. The molecule has 0 N–H and O–H groups in total. The highest BCUT2D eigenvalue weighted by molar-refractivity contribution is 6.41. The maximum atomic E-state index is 12.4. The van der Waals surface area contributed by atoms with Gasteiger partial charge in [0.05, 0.1) is 11.1 Å². The summed E-state index contributed by atoms with van der Waals surface area (Å²) in [6.07, 6.45) is 2.97. The Labute approximate surface area is 164 Å². The largest absolute Gasteiger partial charge is 0.288 e. The lowest BCUT2D eigenvalue weighted by Gasteiger charge is -1.94. The van der Waals surface area contributed by atoms with Gasteiger partial charge in [-0.2, -0.15) is 0 Å². The summed E-state index contributed by atoms with van der Waals surface area (Å²) in [4.78, 5) is 49.6. The Bertz CT molecular complexity index is 1050. The molecule has 27 heavy (non-hydrogen) atoms. The Kier molecular flexibility index (Phi) is 4.17. The van der Waals surface area contributed by atoms with Crippen molar-refractivity contribution >= 4 is 46.3 Å². The van der Waals surface area contributed by atoms with E-state index in [1.165, 1.54) is 36.4 Å². The van der Waals surface area contributed by atoms with Crippen LogP contribution in [-0.4, -0.2) is 23.1 Å². The van der Waals surface area contributed by atoms with E-state index in [1.54, 1.807) is 12.1 Å². The number of carbonyl (C=O) groups excluding carboxylic acids is 4. The van der Waals surface area contributed by atoms with Gasteiger partial charge in [-0.25, -0.2) is 0 Å². The van der Waals surface area contributed by atoms with Gasteiger partial charge >= 0.3 is 0 Å². The molecule has 0 bridgehead atoms. The maximum absolute atomic E-state index is 12.4. The second-order valence-electron chi connectivity index (χ2n) is 6.17. The molecule has 0 atom stereocenters. The first kappa shape index (κ1) is 17.6. The molecule has 2 aliphatic carbocycles. The predicted molar refractivity (Wildman–Crippen MR) is 101 cm³/mol. The third kappa shape index (κ3) is 2.78. The molecule has 0 aliphatic heterocycles. The fourth-order valence-corrected chi connectivity index (χ4v) is 3.60. The summed E-state index contributed by atoms with van der Waals surface area (Å²) in [5, 5.41) is 0.744. The normalized spacial score (nSPS) is 18.6. The van der Waals surface area contributed by atoms with Gasteiger partial charge in [-0.3, -0.25) is 19.2 Å². The first-order valence-corrected chi connectivity index (χ1v) is 8.82. The molecule has 2 aromatic rings. The van der Waals surface area contributed by atoms with Crippen molar-refractivity contribution in [2.75, 3.05) is 0 Å². The number of rotatable bonds is 2. The van der Waals surface area contributed by atoms with Crippen molar-refractivity contribution in [2.24, 2.45) is 0 Å². The number of fused-ring (bicyclic) bond motifs is 2. The van der Waals surface area contributed by atoms with Crippen LogP contribution < -0.4 is 0 Å². The second kappa shape index (κ2) is 6.41. The first-order valence-electron chi connectivity index (χ1n) is 8.06. The molecule has 2 aliphatic rings. The van der Waals surface area contributed by atoms with Crippen molar-refractivity contribution in [1.82, 2.24) is 0 Å². The van der Waals surface area contributed by atoms with Gasteiger partial charge in [0.2, 0.25) is 0 Å². The number of benzene rings is 2. The van der Waals surface area contributed by atoms with Gasteiger partial charge in [0.1, 0.15) is 0 Å². The molecule has 0 spiro atoms. The molecule has 6 heteroatoms. The highest BCUT2D eigenvalue weighted by Crippen LogP contribution is 2.31. The number of hydrogen-bond acceptors (Lipinski definition) is 4. The van der Waals surface area contributed by atoms with Crippen molar-refractivity contribution < 1.29 is 19.2 Å². The summed E-state index contributed by atoms with van der Waals surface area (Å²) in [6.45, 7) is 0. The van der Waals surface area contributed by atoms with Crippen LogP contribution in [-0.2, 0) is 0 Å². The lowest BCUT2D eigenvalue weighted by atomic mass is 10.1. The van der Waals surface area contributed by atoms with Crippen molar-refractivity contribution in [1.29, 1.82) is 0 Å². The molecule has 2 aromatic carbocycles. The van der Waals surface area contributed by atoms with E-state index in [0.29, 0.717) is 21.2 Å². The maximum Gasteiger partial charge on any atom is 0.197 e. The second-order valence-corrected chi connectivity index (χ2v) is 7.04. The minimum atomic E-state index is -0.407. The standard InChI is InChI=1S/C21H10Cl2O4/c22-10-4-6-12-16(8-10)20(26)14(18(12)24)2-1-3-15-19(25)13-7-5-11(23)9-17(13)21(15)27/h2-9H,1H2. The highest BCUT2D eigenvalue weighted by atomic mass is 35.5. The van der Waals surface area contributed by atoms with Gasteiger partial charge in [-0.1, -0.05) is 35.4 Å². The van der Waals surface area contributed by atoms with E-state index in [-0.39, 0.29) is 40.3 Å². The van der Waals surface area contributed by atoms with E-state index < -0.39 is 11.6 Å². The monoisotopic (exact) mass is 396 g/mol. The Morgan fingerprint density at radius 3 is 1.37 bits per heavy atom. The molecular weight excluding hydrogens is 387 g/mol. The van der Waals surface area contributed by atoms with Crippen LogP contribution in [0, 0.1) is 0 Å². The molecule has 0 fully saturated rings. The van der Waals surface area contributed by atoms with Crippen molar-refractivity contribution in [3.05, 3.63) is 92.0 Å². The molecule has 0 radical (unpaired) electrons. The molecule has 132 valence electrons. The molecule has 0 unspecified atom stereocenters. The lowest BCUT2D eigenvalue weighted by molar-refractivity contribution is 0.0974. The Hall–Kier alpha value is -2.82. The summed E-state index contributed by atoms with van der Waals surface area (Å²) in [5.41, 5.74) is 1.17. The molecule has 4 nitrogen and oxygen atoms in total. The third-order valence-electron chi connectivity index (χ3n) is 4.56. The highest BCUT2D eigenvalue weighted by Gasteiger charge is 2.34. The van der Waals surface area contributed by atoms with Crippen molar-refractivity contribution in [2.45, 2.75) is 6.42 Å². The number of Topliss-reactive ketones (excluding diaryl/α,β-unsaturated/α-hetero) is 4. The molecule has 4 rings (SSSR count). The van der Waals surface area contributed by atoms with Crippen LogP contribution in [0.1, 0.15) is 47.9 Å². The minimum Gasteiger partial charge on any atom is -0.288 e. The van der Waals surface area contributed by atoms with Gasteiger partial charge in [0.25, 0.3) is 0 Å². The van der Waals surface area contributed by atoms with Gasteiger partial charge in [-0.15, -0.1) is 0 Å². The number of allylic oxidation sites excluding steroid dienone is 4. The number of hydrogen-bond donors (Lipinski definition) is 0. The smallest absolute Gasteiger partial charge is 0.197 e. The van der Waals surface area contributed by atoms with Gasteiger partial charge in [0.15, 0.2) is 23.1 Å². The van der Waals surface area contributed by atoms with E-state index in [0.717, 1.165) is 0 Å².